The van der Waals surface area contributed by atoms with Crippen molar-refractivity contribution in [2.75, 3.05) is 0 Å². The van der Waals surface area contributed by atoms with Gasteiger partial charge in [0.05, 0.1) is 6.20 Å². The molecule has 0 aliphatic rings. The summed E-state index contributed by atoms with van der Waals surface area (Å²) in [5.74, 6) is -0.421. The molecule has 0 radical (unpaired) electrons. The van der Waals surface area contributed by atoms with Crippen LogP contribution in [0.25, 0.3) is 0 Å². The molecule has 17 heavy (non-hydrogen) atoms. The van der Waals surface area contributed by atoms with Crippen LogP contribution in [0.2, 0.25) is 5.02 Å². The Morgan fingerprint density at radius 2 is 2.18 bits per heavy atom. The van der Waals surface area contributed by atoms with E-state index in [9.17, 15) is 4.79 Å². The second-order valence-electron chi connectivity index (χ2n) is 3.24. The zero-order valence-electron chi connectivity index (χ0n) is 8.63. The second-order valence-corrected chi connectivity index (χ2v) is 3.67. The van der Waals surface area contributed by atoms with Gasteiger partial charge in [0.15, 0.2) is 0 Å². The first-order chi connectivity index (χ1) is 8.16. The molecule has 86 valence electrons. The summed E-state index contributed by atoms with van der Waals surface area (Å²) in [6.45, 7) is 0. The summed E-state index contributed by atoms with van der Waals surface area (Å²) >= 11 is 5.80. The summed E-state index contributed by atoms with van der Waals surface area (Å²) in [4.78, 5) is 14.9. The maximum Gasteiger partial charge on any atom is 0.339 e. The van der Waals surface area contributed by atoms with Gasteiger partial charge in [-0.05, 0) is 24.3 Å². The van der Waals surface area contributed by atoms with Crippen molar-refractivity contribution in [3.63, 3.8) is 0 Å². The highest BCUT2D eigenvalue weighted by molar-refractivity contribution is 6.30. The standard InChI is InChI=1S/C12H8ClNO3/c13-8-3-4-10(12(15)16)11(6-8)17-9-2-1-5-14-7-9/h1-7H,(H,15,16). The van der Waals surface area contributed by atoms with E-state index in [1.165, 1.54) is 24.4 Å². The molecule has 0 aliphatic heterocycles. The Hall–Kier alpha value is -2.07. The van der Waals surface area contributed by atoms with E-state index in [4.69, 9.17) is 21.4 Å². The Labute approximate surface area is 102 Å². The third kappa shape index (κ3) is 2.73. The van der Waals surface area contributed by atoms with Crippen molar-refractivity contribution in [1.82, 2.24) is 4.98 Å². The third-order valence-corrected chi connectivity index (χ3v) is 2.27. The molecule has 1 aromatic carbocycles. The molecule has 0 bridgehead atoms. The van der Waals surface area contributed by atoms with Crippen LogP contribution in [0.1, 0.15) is 10.4 Å². The zero-order valence-corrected chi connectivity index (χ0v) is 9.39. The van der Waals surface area contributed by atoms with Crippen LogP contribution in [0, 0.1) is 0 Å². The maximum absolute atomic E-state index is 11.0. The molecule has 2 rings (SSSR count). The quantitative estimate of drug-likeness (QED) is 0.907. The number of benzene rings is 1. The van der Waals surface area contributed by atoms with E-state index < -0.39 is 5.97 Å². The van der Waals surface area contributed by atoms with Crippen molar-refractivity contribution in [1.29, 1.82) is 0 Å². The minimum absolute atomic E-state index is 0.0539. The van der Waals surface area contributed by atoms with E-state index in [1.54, 1.807) is 18.3 Å². The maximum atomic E-state index is 11.0. The summed E-state index contributed by atoms with van der Waals surface area (Å²) < 4.78 is 5.42. The Morgan fingerprint density at radius 1 is 1.35 bits per heavy atom. The molecule has 1 aromatic heterocycles. The van der Waals surface area contributed by atoms with Gasteiger partial charge in [0.2, 0.25) is 0 Å². The highest BCUT2D eigenvalue weighted by Crippen LogP contribution is 2.27. The molecule has 1 heterocycles. The van der Waals surface area contributed by atoms with Crippen LogP contribution in [0.3, 0.4) is 0 Å². The predicted octanol–water partition coefficient (Wildman–Crippen LogP) is 3.23. The van der Waals surface area contributed by atoms with Gasteiger partial charge in [0.25, 0.3) is 0 Å². The average molecular weight is 250 g/mol. The number of hydrogen-bond donors (Lipinski definition) is 1. The van der Waals surface area contributed by atoms with E-state index in [-0.39, 0.29) is 11.3 Å². The van der Waals surface area contributed by atoms with Crippen LogP contribution in [-0.2, 0) is 0 Å². The lowest BCUT2D eigenvalue weighted by molar-refractivity contribution is 0.0694. The smallest absolute Gasteiger partial charge is 0.339 e. The molecule has 4 nitrogen and oxygen atoms in total. The molecule has 0 aliphatic carbocycles. The summed E-state index contributed by atoms with van der Waals surface area (Å²) in [7, 11) is 0. The Kier molecular flexibility index (Phi) is 3.25. The van der Waals surface area contributed by atoms with Gasteiger partial charge >= 0.3 is 5.97 Å². The van der Waals surface area contributed by atoms with Gasteiger partial charge in [-0.1, -0.05) is 11.6 Å². The summed E-state index contributed by atoms with van der Waals surface area (Å²) in [5, 5.41) is 9.41. The number of pyridine rings is 1. The van der Waals surface area contributed by atoms with Crippen molar-refractivity contribution in [3.05, 3.63) is 53.3 Å². The van der Waals surface area contributed by atoms with Gasteiger partial charge in [-0.15, -0.1) is 0 Å². The molecular formula is C12H8ClNO3. The lowest BCUT2D eigenvalue weighted by Crippen LogP contribution is -1.99. The number of carboxylic acid groups (broad SMARTS) is 1. The first-order valence-corrected chi connectivity index (χ1v) is 5.15. The molecule has 0 amide bonds. The van der Waals surface area contributed by atoms with Crippen molar-refractivity contribution in [2.45, 2.75) is 0 Å². The van der Waals surface area contributed by atoms with Crippen molar-refractivity contribution >= 4 is 17.6 Å². The topological polar surface area (TPSA) is 59.4 Å². The monoisotopic (exact) mass is 249 g/mol. The largest absolute Gasteiger partial charge is 0.478 e. The molecule has 0 saturated carbocycles. The van der Waals surface area contributed by atoms with Crippen LogP contribution in [0.4, 0.5) is 0 Å². The van der Waals surface area contributed by atoms with Crippen LogP contribution in [0.5, 0.6) is 11.5 Å². The van der Waals surface area contributed by atoms with E-state index in [0.717, 1.165) is 0 Å². The molecule has 0 atom stereocenters. The summed E-state index contributed by atoms with van der Waals surface area (Å²) in [6.07, 6.45) is 3.09. The molecule has 2 aromatic rings. The lowest BCUT2D eigenvalue weighted by atomic mass is 10.2. The zero-order chi connectivity index (χ0) is 12.3. The predicted molar refractivity (Wildman–Crippen MR) is 62.7 cm³/mol. The molecule has 0 unspecified atom stereocenters. The van der Waals surface area contributed by atoms with Crippen LogP contribution in [0.15, 0.2) is 42.7 Å². The molecule has 1 N–H and O–H groups in total. The van der Waals surface area contributed by atoms with Crippen LogP contribution >= 0.6 is 11.6 Å². The molecule has 0 fully saturated rings. The van der Waals surface area contributed by atoms with Gasteiger partial charge in [0, 0.05) is 17.3 Å². The van der Waals surface area contributed by atoms with Gasteiger partial charge in [-0.25, -0.2) is 4.79 Å². The normalized spacial score (nSPS) is 9.94. The number of hydrogen-bond acceptors (Lipinski definition) is 3. The van der Waals surface area contributed by atoms with Gasteiger partial charge < -0.3 is 9.84 Å². The molecule has 0 saturated heterocycles. The lowest BCUT2D eigenvalue weighted by Gasteiger charge is -2.08. The summed E-state index contributed by atoms with van der Waals surface area (Å²) in [5.41, 5.74) is 0.0539. The Morgan fingerprint density at radius 3 is 2.82 bits per heavy atom. The number of nitrogens with zero attached hydrogens (tertiary/aromatic N) is 1. The summed E-state index contributed by atoms with van der Waals surface area (Å²) in [6, 6.07) is 7.73. The number of ether oxygens (including phenoxy) is 1. The van der Waals surface area contributed by atoms with Gasteiger partial charge in [-0.2, -0.15) is 0 Å². The molecule has 0 spiro atoms. The van der Waals surface area contributed by atoms with Crippen molar-refractivity contribution < 1.29 is 14.6 Å². The third-order valence-electron chi connectivity index (χ3n) is 2.04. The number of carbonyl (C=O) groups is 1. The van der Waals surface area contributed by atoms with Crippen LogP contribution in [-0.4, -0.2) is 16.1 Å². The number of halogens is 1. The van der Waals surface area contributed by atoms with E-state index >= 15 is 0 Å². The van der Waals surface area contributed by atoms with Gasteiger partial charge in [-0.3, -0.25) is 4.98 Å². The Balaban J connectivity index is 2.37. The second kappa shape index (κ2) is 4.84. The minimum Gasteiger partial charge on any atom is -0.478 e. The molecular weight excluding hydrogens is 242 g/mol. The highest BCUT2D eigenvalue weighted by Gasteiger charge is 2.12. The fraction of sp³-hybridized carbons (Fsp3) is 0. The highest BCUT2D eigenvalue weighted by atomic mass is 35.5. The number of aromatic nitrogens is 1. The average Bonchev–Trinajstić information content (AvgIpc) is 2.30. The molecule has 5 heteroatoms. The minimum atomic E-state index is -1.07. The number of aromatic carboxylic acids is 1. The number of rotatable bonds is 3. The van der Waals surface area contributed by atoms with Gasteiger partial charge in [0.1, 0.15) is 17.1 Å². The first-order valence-electron chi connectivity index (χ1n) is 4.77. The van der Waals surface area contributed by atoms with E-state index in [2.05, 4.69) is 4.98 Å². The van der Waals surface area contributed by atoms with E-state index in [1.807, 2.05) is 0 Å². The van der Waals surface area contributed by atoms with Crippen molar-refractivity contribution in [2.24, 2.45) is 0 Å². The SMILES string of the molecule is O=C(O)c1ccc(Cl)cc1Oc1cccnc1. The van der Waals surface area contributed by atoms with E-state index in [0.29, 0.717) is 10.8 Å². The first kappa shape index (κ1) is 11.4. The Bertz CT molecular complexity index is 543. The van der Waals surface area contributed by atoms with Crippen molar-refractivity contribution in [3.8, 4) is 11.5 Å². The number of carboxylic acids is 1. The fourth-order valence-electron chi connectivity index (χ4n) is 1.29. The fourth-order valence-corrected chi connectivity index (χ4v) is 1.45. The van der Waals surface area contributed by atoms with Crippen LogP contribution < -0.4 is 4.74 Å².